The summed E-state index contributed by atoms with van der Waals surface area (Å²) in [4.78, 5) is 31.8. The zero-order chi connectivity index (χ0) is 22.5. The van der Waals surface area contributed by atoms with Gasteiger partial charge < -0.3 is 9.80 Å². The van der Waals surface area contributed by atoms with E-state index in [1.807, 2.05) is 53.7 Å². The van der Waals surface area contributed by atoms with Crippen LogP contribution in [0.3, 0.4) is 0 Å². The minimum Gasteiger partial charge on any atom is -0.332 e. The van der Waals surface area contributed by atoms with E-state index in [0.717, 1.165) is 10.4 Å². The number of halogens is 1. The molecule has 30 heavy (non-hydrogen) atoms. The molecule has 164 valence electrons. The highest BCUT2D eigenvalue weighted by Crippen LogP contribution is 2.22. The molecule has 0 aliphatic carbocycles. The van der Waals surface area contributed by atoms with E-state index in [2.05, 4.69) is 0 Å². The first-order valence-corrected chi connectivity index (χ1v) is 11.1. The molecule has 1 heterocycles. The molecule has 0 fully saturated rings. The number of hydrogen-bond acceptors (Lipinski definition) is 3. The van der Waals surface area contributed by atoms with Crippen molar-refractivity contribution in [1.29, 1.82) is 0 Å². The Balaban J connectivity index is 2.20. The van der Waals surface area contributed by atoms with Gasteiger partial charge in [-0.2, -0.15) is 0 Å². The van der Waals surface area contributed by atoms with Crippen molar-refractivity contribution in [3.63, 3.8) is 0 Å². The van der Waals surface area contributed by atoms with Crippen molar-refractivity contribution in [2.45, 2.75) is 67.1 Å². The van der Waals surface area contributed by atoms with Crippen LogP contribution in [-0.4, -0.2) is 34.2 Å². The summed E-state index contributed by atoms with van der Waals surface area (Å²) in [5.74, 6) is -0.426. The van der Waals surface area contributed by atoms with Gasteiger partial charge in [0.2, 0.25) is 11.8 Å². The average molecular weight is 433 g/mol. The molecule has 2 aromatic rings. The second-order valence-corrected chi connectivity index (χ2v) is 10.6. The monoisotopic (exact) mass is 432 g/mol. The zero-order valence-corrected chi connectivity index (χ0v) is 19.7. The Labute approximate surface area is 183 Å². The number of nitrogens with zero attached hydrogens (tertiary/aromatic N) is 2. The van der Waals surface area contributed by atoms with Gasteiger partial charge in [-0.15, -0.1) is 11.3 Å². The Hall–Kier alpha value is -2.21. The van der Waals surface area contributed by atoms with Gasteiger partial charge in [0.15, 0.2) is 0 Å². The van der Waals surface area contributed by atoms with E-state index in [0.29, 0.717) is 19.5 Å². The zero-order valence-electron chi connectivity index (χ0n) is 18.9. The van der Waals surface area contributed by atoms with Crippen molar-refractivity contribution in [2.75, 3.05) is 6.54 Å². The van der Waals surface area contributed by atoms with Crippen molar-refractivity contribution < 1.29 is 14.0 Å². The van der Waals surface area contributed by atoms with Crippen molar-refractivity contribution >= 4 is 23.2 Å². The Morgan fingerprint density at radius 1 is 1.00 bits per heavy atom. The molecule has 2 amide bonds. The van der Waals surface area contributed by atoms with E-state index < -0.39 is 0 Å². The lowest BCUT2D eigenvalue weighted by Gasteiger charge is -2.32. The molecule has 0 N–H and O–H groups in total. The third kappa shape index (κ3) is 7.56. The average Bonchev–Trinajstić information content (AvgIpc) is 3.03. The van der Waals surface area contributed by atoms with E-state index in [9.17, 15) is 14.0 Å². The topological polar surface area (TPSA) is 40.6 Å². The lowest BCUT2D eigenvalue weighted by atomic mass is 9.91. The van der Waals surface area contributed by atoms with Gasteiger partial charge in [0, 0.05) is 28.8 Å². The maximum absolute atomic E-state index is 13.3. The molecule has 0 saturated heterocycles. The Bertz CT molecular complexity index is 853. The lowest BCUT2D eigenvalue weighted by Crippen LogP contribution is -2.46. The maximum Gasteiger partial charge on any atom is 0.242 e. The summed E-state index contributed by atoms with van der Waals surface area (Å²) >= 11 is 1.65. The first-order chi connectivity index (χ1) is 13.9. The fourth-order valence-electron chi connectivity index (χ4n) is 3.16. The smallest absolute Gasteiger partial charge is 0.242 e. The van der Waals surface area contributed by atoms with Gasteiger partial charge in [0.05, 0.1) is 13.1 Å². The number of amides is 2. The van der Waals surface area contributed by atoms with Gasteiger partial charge in [-0.3, -0.25) is 9.59 Å². The van der Waals surface area contributed by atoms with Crippen LogP contribution in [0.15, 0.2) is 36.4 Å². The van der Waals surface area contributed by atoms with Crippen LogP contribution in [0.1, 0.15) is 56.4 Å². The van der Waals surface area contributed by atoms with Crippen molar-refractivity contribution in [1.82, 2.24) is 9.80 Å². The molecule has 0 aliphatic rings. The number of hydrogen-bond donors (Lipinski definition) is 0. The number of benzene rings is 1. The maximum atomic E-state index is 13.3. The molecule has 0 saturated carbocycles. The van der Waals surface area contributed by atoms with E-state index in [1.165, 1.54) is 17.0 Å². The Morgan fingerprint density at radius 3 is 2.13 bits per heavy atom. The third-order valence-corrected chi connectivity index (χ3v) is 5.70. The molecule has 6 heteroatoms. The second kappa shape index (κ2) is 10.2. The van der Waals surface area contributed by atoms with Crippen LogP contribution in [0.4, 0.5) is 4.39 Å². The molecule has 0 unspecified atom stereocenters. The van der Waals surface area contributed by atoms with E-state index >= 15 is 0 Å². The largest absolute Gasteiger partial charge is 0.332 e. The fraction of sp³-hybridized carbons (Fsp3) is 0.500. The van der Waals surface area contributed by atoms with Crippen LogP contribution in [0, 0.1) is 18.2 Å². The SMILES string of the molecule is Cc1ccc(CN(Cc2ccc(F)cc2)C(=O)CN(C(=O)CC(C)(C)C)C(C)C)s1. The minimum absolute atomic E-state index is 0.0143. The molecule has 4 nitrogen and oxygen atoms in total. The van der Waals surface area contributed by atoms with Gasteiger partial charge >= 0.3 is 0 Å². The highest BCUT2D eigenvalue weighted by Gasteiger charge is 2.27. The Kier molecular flexibility index (Phi) is 8.18. The molecule has 1 aromatic heterocycles. The molecular weight excluding hydrogens is 399 g/mol. The highest BCUT2D eigenvalue weighted by atomic mass is 32.1. The summed E-state index contributed by atoms with van der Waals surface area (Å²) in [5, 5.41) is 0. The molecule has 0 radical (unpaired) electrons. The lowest BCUT2D eigenvalue weighted by molar-refractivity contribution is -0.143. The van der Waals surface area contributed by atoms with Crippen LogP contribution >= 0.6 is 11.3 Å². The van der Waals surface area contributed by atoms with Gasteiger partial charge in [0.1, 0.15) is 5.82 Å². The van der Waals surface area contributed by atoms with Crippen LogP contribution in [-0.2, 0) is 22.7 Å². The van der Waals surface area contributed by atoms with Gasteiger partial charge in [0.25, 0.3) is 0 Å². The van der Waals surface area contributed by atoms with Crippen molar-refractivity contribution in [2.24, 2.45) is 5.41 Å². The summed E-state index contributed by atoms with van der Waals surface area (Å²) in [6.45, 7) is 12.8. The Morgan fingerprint density at radius 2 is 1.63 bits per heavy atom. The molecule has 0 aliphatic heterocycles. The summed E-state index contributed by atoms with van der Waals surface area (Å²) in [6.07, 6.45) is 0.389. The van der Waals surface area contributed by atoms with Gasteiger partial charge in [-0.05, 0) is 56.0 Å². The predicted octanol–water partition coefficient (Wildman–Crippen LogP) is 5.40. The minimum atomic E-state index is -0.302. The molecule has 0 spiro atoms. The number of carbonyl (C=O) groups is 2. The summed E-state index contributed by atoms with van der Waals surface area (Å²) < 4.78 is 13.3. The third-order valence-electron chi connectivity index (χ3n) is 4.71. The van der Waals surface area contributed by atoms with E-state index in [-0.39, 0.29) is 35.6 Å². The van der Waals surface area contributed by atoms with Crippen LogP contribution in [0.25, 0.3) is 0 Å². The van der Waals surface area contributed by atoms with Crippen LogP contribution < -0.4 is 0 Å². The number of thiophene rings is 1. The predicted molar refractivity (Wildman–Crippen MR) is 121 cm³/mol. The van der Waals surface area contributed by atoms with Gasteiger partial charge in [-0.25, -0.2) is 4.39 Å². The first kappa shape index (κ1) is 24.1. The highest BCUT2D eigenvalue weighted by molar-refractivity contribution is 7.11. The standard InChI is InChI=1S/C24H33FN2O2S/c1-17(2)27(22(28)13-24(4,5)6)16-23(29)26(15-21-12-7-18(3)30-21)14-19-8-10-20(25)11-9-19/h7-12,17H,13-16H2,1-6H3. The number of carbonyl (C=O) groups excluding carboxylic acids is 2. The van der Waals surface area contributed by atoms with Gasteiger partial charge in [-0.1, -0.05) is 32.9 Å². The fourth-order valence-corrected chi connectivity index (χ4v) is 4.07. The number of rotatable bonds is 8. The summed E-state index contributed by atoms with van der Waals surface area (Å²) in [5.41, 5.74) is 0.713. The molecular formula is C24H33FN2O2S. The van der Waals surface area contributed by atoms with Crippen molar-refractivity contribution in [3.05, 3.63) is 57.5 Å². The van der Waals surface area contributed by atoms with Crippen molar-refractivity contribution in [3.8, 4) is 0 Å². The number of aryl methyl sites for hydroxylation is 1. The summed E-state index contributed by atoms with van der Waals surface area (Å²) in [7, 11) is 0. The normalized spacial score (nSPS) is 11.6. The van der Waals surface area contributed by atoms with E-state index in [1.54, 1.807) is 33.3 Å². The molecule has 0 atom stereocenters. The van der Waals surface area contributed by atoms with Crippen LogP contribution in [0.5, 0.6) is 0 Å². The summed E-state index contributed by atoms with van der Waals surface area (Å²) in [6, 6.07) is 10.2. The first-order valence-electron chi connectivity index (χ1n) is 10.3. The molecule has 2 rings (SSSR count). The molecule has 1 aromatic carbocycles. The quantitative estimate of drug-likeness (QED) is 0.560. The van der Waals surface area contributed by atoms with E-state index in [4.69, 9.17) is 0 Å². The molecule has 0 bridgehead atoms. The van der Waals surface area contributed by atoms with Crippen LogP contribution in [0.2, 0.25) is 0 Å². The second-order valence-electron chi connectivity index (χ2n) is 9.24.